The molecule has 0 unspecified atom stereocenters. The molecule has 0 bridgehead atoms. The van der Waals surface area contributed by atoms with E-state index in [0.29, 0.717) is 18.2 Å². The van der Waals surface area contributed by atoms with Crippen molar-refractivity contribution in [3.8, 4) is 11.5 Å². The number of ether oxygens (including phenoxy) is 1. The van der Waals surface area contributed by atoms with Gasteiger partial charge in [0, 0.05) is 6.04 Å². The molecule has 1 saturated carbocycles. The van der Waals surface area contributed by atoms with E-state index in [1.807, 2.05) is 0 Å². The van der Waals surface area contributed by atoms with Crippen LogP contribution in [0.25, 0.3) is 0 Å². The fourth-order valence-electron chi connectivity index (χ4n) is 3.30. The van der Waals surface area contributed by atoms with Crippen molar-refractivity contribution in [3.63, 3.8) is 0 Å². The van der Waals surface area contributed by atoms with Crippen LogP contribution in [0.3, 0.4) is 0 Å². The van der Waals surface area contributed by atoms with Gasteiger partial charge in [-0.15, -0.1) is 0 Å². The Morgan fingerprint density at radius 3 is 2.68 bits per heavy atom. The van der Waals surface area contributed by atoms with E-state index < -0.39 is 0 Å². The topological polar surface area (TPSA) is 58.6 Å². The van der Waals surface area contributed by atoms with Crippen molar-refractivity contribution in [2.45, 2.75) is 57.9 Å². The Morgan fingerprint density at radius 2 is 2.05 bits per heavy atom. The number of hydrogen-bond donors (Lipinski definition) is 2. The molecule has 2 rings (SSSR count). The molecule has 1 aliphatic carbocycles. The molecule has 1 fully saturated rings. The molecule has 1 aliphatic rings. The summed E-state index contributed by atoms with van der Waals surface area (Å²) in [6, 6.07) is 5.36. The summed E-state index contributed by atoms with van der Waals surface area (Å²) in [5.74, 6) is 1.40. The second-order valence-electron chi connectivity index (χ2n) is 6.26. The molecule has 0 radical (unpaired) electrons. The van der Waals surface area contributed by atoms with Gasteiger partial charge in [-0.05, 0) is 49.3 Å². The van der Waals surface area contributed by atoms with Crippen molar-refractivity contribution in [2.75, 3.05) is 7.11 Å². The summed E-state index contributed by atoms with van der Waals surface area (Å²) in [5, 5.41) is 12.7. The van der Waals surface area contributed by atoms with Crippen molar-refractivity contribution in [1.29, 1.82) is 0 Å². The Kier molecular flexibility index (Phi) is 6.10. The maximum absolute atomic E-state index is 12.2. The third kappa shape index (κ3) is 4.65. The van der Waals surface area contributed by atoms with Crippen LogP contribution in [0.4, 0.5) is 0 Å². The number of carbonyl (C=O) groups is 1. The lowest BCUT2D eigenvalue weighted by Crippen LogP contribution is -2.38. The highest BCUT2D eigenvalue weighted by Crippen LogP contribution is 2.28. The third-order valence-corrected chi connectivity index (χ3v) is 4.52. The first kappa shape index (κ1) is 16.7. The molecule has 0 aliphatic heterocycles. The Bertz CT molecular complexity index is 493. The normalized spacial score (nSPS) is 21.4. The van der Waals surface area contributed by atoms with Gasteiger partial charge in [0.15, 0.2) is 11.5 Å². The van der Waals surface area contributed by atoms with Gasteiger partial charge in [0.2, 0.25) is 5.91 Å². The first-order valence-corrected chi connectivity index (χ1v) is 8.27. The Balaban J connectivity index is 1.81. The van der Waals surface area contributed by atoms with Crippen molar-refractivity contribution in [1.82, 2.24) is 5.32 Å². The summed E-state index contributed by atoms with van der Waals surface area (Å²) >= 11 is 0. The molecule has 0 spiro atoms. The smallest absolute Gasteiger partial charge is 0.224 e. The van der Waals surface area contributed by atoms with Gasteiger partial charge in [0.1, 0.15) is 0 Å². The highest BCUT2D eigenvalue weighted by molar-refractivity contribution is 5.79. The number of carbonyl (C=O) groups excluding carboxylic acids is 1. The molecular weight excluding hydrogens is 278 g/mol. The molecule has 0 saturated heterocycles. The highest BCUT2D eigenvalue weighted by Gasteiger charge is 2.21. The number of phenolic OH excluding ortho intramolecular Hbond substituents is 1. The zero-order valence-electron chi connectivity index (χ0n) is 13.6. The second-order valence-corrected chi connectivity index (χ2v) is 6.26. The van der Waals surface area contributed by atoms with Gasteiger partial charge in [-0.3, -0.25) is 4.79 Å². The van der Waals surface area contributed by atoms with Gasteiger partial charge in [-0.2, -0.15) is 0 Å². The predicted octanol–water partition coefficient (Wildman–Crippen LogP) is 3.42. The first-order valence-electron chi connectivity index (χ1n) is 8.27. The van der Waals surface area contributed by atoms with Gasteiger partial charge in [-0.1, -0.05) is 25.8 Å². The van der Waals surface area contributed by atoms with Gasteiger partial charge in [0.25, 0.3) is 0 Å². The van der Waals surface area contributed by atoms with Crippen LogP contribution in [-0.2, 0) is 11.2 Å². The molecule has 1 amide bonds. The minimum absolute atomic E-state index is 0.0479. The average molecular weight is 305 g/mol. The molecule has 0 heterocycles. The highest BCUT2D eigenvalue weighted by atomic mass is 16.5. The SMILES string of the molecule is CCC[C@H]1CC[C@@H](NC(=O)Cc2ccc(O)c(OC)c2)CC1. The lowest BCUT2D eigenvalue weighted by molar-refractivity contribution is -0.121. The molecule has 122 valence electrons. The van der Waals surface area contributed by atoms with Crippen molar-refractivity contribution in [2.24, 2.45) is 5.92 Å². The van der Waals surface area contributed by atoms with Crippen LogP contribution in [0.5, 0.6) is 11.5 Å². The number of methoxy groups -OCH3 is 1. The number of benzene rings is 1. The van der Waals surface area contributed by atoms with E-state index in [4.69, 9.17) is 4.74 Å². The van der Waals surface area contributed by atoms with Crippen LogP contribution in [0, 0.1) is 5.92 Å². The van der Waals surface area contributed by atoms with Gasteiger partial charge < -0.3 is 15.2 Å². The fourth-order valence-corrected chi connectivity index (χ4v) is 3.30. The average Bonchev–Trinajstić information content (AvgIpc) is 2.51. The van der Waals surface area contributed by atoms with Gasteiger partial charge in [0.05, 0.1) is 13.5 Å². The van der Waals surface area contributed by atoms with E-state index in [1.54, 1.807) is 18.2 Å². The fraction of sp³-hybridized carbons (Fsp3) is 0.611. The van der Waals surface area contributed by atoms with Crippen molar-refractivity contribution in [3.05, 3.63) is 23.8 Å². The van der Waals surface area contributed by atoms with E-state index >= 15 is 0 Å². The van der Waals surface area contributed by atoms with Crippen molar-refractivity contribution < 1.29 is 14.6 Å². The van der Waals surface area contributed by atoms with E-state index in [2.05, 4.69) is 12.2 Å². The molecule has 0 atom stereocenters. The lowest BCUT2D eigenvalue weighted by Gasteiger charge is -2.29. The number of hydrogen-bond acceptors (Lipinski definition) is 3. The maximum Gasteiger partial charge on any atom is 0.224 e. The number of aromatic hydroxyl groups is 1. The van der Waals surface area contributed by atoms with Gasteiger partial charge >= 0.3 is 0 Å². The molecule has 2 N–H and O–H groups in total. The van der Waals surface area contributed by atoms with Crippen molar-refractivity contribution >= 4 is 5.91 Å². The maximum atomic E-state index is 12.2. The largest absolute Gasteiger partial charge is 0.504 e. The van der Waals surface area contributed by atoms with Gasteiger partial charge in [-0.25, -0.2) is 0 Å². The predicted molar refractivity (Wildman–Crippen MR) is 87.2 cm³/mol. The zero-order chi connectivity index (χ0) is 15.9. The number of rotatable bonds is 6. The molecule has 1 aromatic carbocycles. The molecule has 22 heavy (non-hydrogen) atoms. The van der Waals surface area contributed by atoms with Crippen LogP contribution in [0.1, 0.15) is 51.0 Å². The zero-order valence-corrected chi connectivity index (χ0v) is 13.6. The summed E-state index contributed by atoms with van der Waals surface area (Å²) in [5.41, 5.74) is 0.854. The number of phenols is 1. The Morgan fingerprint density at radius 1 is 1.32 bits per heavy atom. The molecular formula is C18H27NO3. The minimum atomic E-state index is 0.0479. The second kappa shape index (κ2) is 8.06. The summed E-state index contributed by atoms with van der Waals surface area (Å²) in [4.78, 5) is 12.2. The summed E-state index contributed by atoms with van der Waals surface area (Å²) in [7, 11) is 1.51. The van der Waals surface area contributed by atoms with Crippen LogP contribution < -0.4 is 10.1 Å². The molecule has 4 heteroatoms. The van der Waals surface area contributed by atoms with E-state index in [-0.39, 0.29) is 11.7 Å². The van der Waals surface area contributed by atoms with E-state index in [9.17, 15) is 9.90 Å². The quantitative estimate of drug-likeness (QED) is 0.846. The Labute approximate surface area is 132 Å². The summed E-state index contributed by atoms with van der Waals surface area (Å²) in [6.07, 6.45) is 7.53. The standard InChI is InChI=1S/C18H27NO3/c1-3-4-13-5-8-15(9-6-13)19-18(21)12-14-7-10-16(20)17(11-14)22-2/h7,10-11,13,15,20H,3-6,8-9,12H2,1-2H3,(H,19,21)/t13-,15+. The molecule has 0 aromatic heterocycles. The third-order valence-electron chi connectivity index (χ3n) is 4.52. The van der Waals surface area contributed by atoms with E-state index in [1.165, 1.54) is 32.8 Å². The number of nitrogens with one attached hydrogen (secondary N) is 1. The van der Waals surface area contributed by atoms with Crippen LogP contribution in [-0.4, -0.2) is 24.2 Å². The monoisotopic (exact) mass is 305 g/mol. The Hall–Kier alpha value is -1.71. The minimum Gasteiger partial charge on any atom is -0.504 e. The van der Waals surface area contributed by atoms with Crippen LogP contribution in [0.2, 0.25) is 0 Å². The summed E-state index contributed by atoms with van der Waals surface area (Å²) in [6.45, 7) is 2.24. The summed E-state index contributed by atoms with van der Waals surface area (Å²) < 4.78 is 5.07. The lowest BCUT2D eigenvalue weighted by atomic mass is 9.83. The first-order chi connectivity index (χ1) is 10.6. The number of amides is 1. The van der Waals surface area contributed by atoms with Crippen LogP contribution in [0.15, 0.2) is 18.2 Å². The molecule has 4 nitrogen and oxygen atoms in total. The van der Waals surface area contributed by atoms with E-state index in [0.717, 1.165) is 24.3 Å². The van der Waals surface area contributed by atoms with Crippen LogP contribution >= 0.6 is 0 Å². The molecule has 1 aromatic rings.